The summed E-state index contributed by atoms with van der Waals surface area (Å²) in [6, 6.07) is 28.0. The second kappa shape index (κ2) is 18.2. The molecule has 0 aliphatic rings. The Morgan fingerprint density at radius 3 is 1.68 bits per heavy atom. The maximum atomic E-state index is 5.79. The van der Waals surface area contributed by atoms with Gasteiger partial charge in [0, 0.05) is 75.9 Å². The SMILES string of the molecule is Brc1cnc2nc(-c3ccc(OCCNCc4cccs4)cc3)[nH]c2c1.Brc1cnc2nc(-c3ccc(OCCNCc4ccncc4)cc3)[nH]c2c1. The highest BCUT2D eigenvalue weighted by atomic mass is 79.9. The first kappa shape index (κ1) is 36.4. The molecule has 0 aliphatic carbocycles. The molecule has 0 atom stereocenters. The number of hydrogen-bond donors (Lipinski definition) is 4. The third-order valence-electron chi connectivity index (χ3n) is 7.92. The van der Waals surface area contributed by atoms with Gasteiger partial charge in [-0.05, 0) is 122 Å². The van der Waals surface area contributed by atoms with Crippen LogP contribution in [0.2, 0.25) is 0 Å². The number of rotatable bonds is 14. The van der Waals surface area contributed by atoms with Crippen LogP contribution < -0.4 is 20.1 Å². The molecule has 6 aromatic heterocycles. The number of aromatic nitrogens is 7. The molecular weight excluding hydrogens is 818 g/mol. The zero-order chi connectivity index (χ0) is 36.2. The van der Waals surface area contributed by atoms with Crippen LogP contribution in [-0.4, -0.2) is 61.2 Å². The normalized spacial score (nSPS) is 11.1. The van der Waals surface area contributed by atoms with Gasteiger partial charge in [-0.25, -0.2) is 19.9 Å². The van der Waals surface area contributed by atoms with Crippen LogP contribution in [0.4, 0.5) is 0 Å². The minimum absolute atomic E-state index is 0.604. The van der Waals surface area contributed by atoms with E-state index in [2.05, 4.69) is 94.9 Å². The van der Waals surface area contributed by atoms with Crippen LogP contribution in [0.1, 0.15) is 10.4 Å². The summed E-state index contributed by atoms with van der Waals surface area (Å²) in [5.74, 6) is 3.28. The van der Waals surface area contributed by atoms with Crippen molar-refractivity contribution in [1.29, 1.82) is 0 Å². The first-order valence-corrected chi connectivity index (χ1v) is 19.3. The monoisotopic (exact) mass is 851 g/mol. The van der Waals surface area contributed by atoms with Crippen molar-refractivity contribution >= 4 is 65.5 Å². The summed E-state index contributed by atoms with van der Waals surface area (Å²) in [6.07, 6.45) is 7.08. The van der Waals surface area contributed by atoms with E-state index in [0.717, 1.165) is 80.4 Å². The van der Waals surface area contributed by atoms with Crippen molar-refractivity contribution in [2.45, 2.75) is 13.1 Å². The molecule has 4 N–H and O–H groups in total. The number of fused-ring (bicyclic) bond motifs is 2. The van der Waals surface area contributed by atoms with Crippen LogP contribution in [-0.2, 0) is 13.1 Å². The third-order valence-corrected chi connectivity index (χ3v) is 9.66. The molecule has 6 heterocycles. The molecule has 0 unspecified atom stereocenters. The fourth-order valence-corrected chi connectivity index (χ4v) is 6.62. The number of nitrogens with zero attached hydrogens (tertiary/aromatic N) is 5. The summed E-state index contributed by atoms with van der Waals surface area (Å²) in [4.78, 5) is 29.6. The fraction of sp³-hybridized carbons (Fsp3) is 0.154. The maximum absolute atomic E-state index is 5.79. The Hall–Kier alpha value is -4.99. The average Bonchev–Trinajstić information content (AvgIpc) is 3.96. The van der Waals surface area contributed by atoms with E-state index in [1.807, 2.05) is 72.8 Å². The minimum atomic E-state index is 0.604. The quantitative estimate of drug-likeness (QED) is 0.0793. The Labute approximate surface area is 326 Å². The largest absolute Gasteiger partial charge is 0.492 e. The number of imidazole rings is 2. The predicted molar refractivity (Wildman–Crippen MR) is 217 cm³/mol. The highest BCUT2D eigenvalue weighted by Crippen LogP contribution is 2.25. The number of thiophene rings is 1. The lowest BCUT2D eigenvalue weighted by Crippen LogP contribution is -2.20. The molecule has 0 bridgehead atoms. The van der Waals surface area contributed by atoms with Gasteiger partial charge in [0.25, 0.3) is 0 Å². The van der Waals surface area contributed by atoms with Gasteiger partial charge in [-0.2, -0.15) is 0 Å². The number of aromatic amines is 2. The second-order valence-corrected chi connectivity index (χ2v) is 14.6. The van der Waals surface area contributed by atoms with E-state index in [9.17, 15) is 0 Å². The zero-order valence-electron chi connectivity index (χ0n) is 28.4. The summed E-state index contributed by atoms with van der Waals surface area (Å²) in [7, 11) is 0. The van der Waals surface area contributed by atoms with Crippen molar-refractivity contribution in [3.8, 4) is 34.3 Å². The standard InChI is InChI=1S/C20H18BrN5O.C19H17BrN4OS/c21-16-11-18-20(24-13-16)26-19(25-18)15-1-3-17(4-2-15)27-10-9-23-12-14-5-7-22-8-6-14;20-14-10-17-19(22-11-14)24-18(23-17)13-3-5-15(6-4-13)25-8-7-21-12-16-2-1-9-26-16/h1-8,11,13,23H,9-10,12H2,(H,24,25,26);1-6,9-11,21H,7-8,12H2,(H,22,23,24). The first-order valence-electron chi connectivity index (χ1n) is 16.9. The van der Waals surface area contributed by atoms with Crippen LogP contribution in [0.5, 0.6) is 11.5 Å². The molecule has 0 aliphatic heterocycles. The molecule has 0 radical (unpaired) electrons. The Morgan fingerprint density at radius 1 is 0.642 bits per heavy atom. The highest BCUT2D eigenvalue weighted by Gasteiger charge is 2.09. The number of hydrogen-bond acceptors (Lipinski definition) is 10. The van der Waals surface area contributed by atoms with Crippen LogP contribution >= 0.6 is 43.2 Å². The Balaban J connectivity index is 0.000000164. The van der Waals surface area contributed by atoms with Crippen molar-refractivity contribution in [1.82, 2.24) is 45.5 Å². The Bertz CT molecular complexity index is 2330. The molecule has 2 aromatic carbocycles. The highest BCUT2D eigenvalue weighted by molar-refractivity contribution is 9.10. The van der Waals surface area contributed by atoms with E-state index in [1.165, 1.54) is 10.4 Å². The number of pyridine rings is 3. The fourth-order valence-electron chi connectivity index (χ4n) is 5.28. The molecule has 53 heavy (non-hydrogen) atoms. The third kappa shape index (κ3) is 10.3. The lowest BCUT2D eigenvalue weighted by atomic mass is 10.2. The molecule has 0 amide bonds. The van der Waals surface area contributed by atoms with E-state index in [4.69, 9.17) is 9.47 Å². The van der Waals surface area contributed by atoms with Gasteiger partial charge in [0.2, 0.25) is 0 Å². The van der Waals surface area contributed by atoms with Gasteiger partial charge in [-0.1, -0.05) is 6.07 Å². The molecule has 0 spiro atoms. The summed E-state index contributed by atoms with van der Waals surface area (Å²) in [6.45, 7) is 4.51. The van der Waals surface area contributed by atoms with Gasteiger partial charge in [0.1, 0.15) is 36.4 Å². The van der Waals surface area contributed by atoms with Gasteiger partial charge in [-0.3, -0.25) is 4.98 Å². The van der Waals surface area contributed by atoms with Crippen molar-refractivity contribution < 1.29 is 9.47 Å². The molecule has 0 saturated heterocycles. The van der Waals surface area contributed by atoms with Gasteiger partial charge in [-0.15, -0.1) is 11.3 Å². The molecule has 268 valence electrons. The minimum Gasteiger partial charge on any atom is -0.492 e. The molecule has 0 saturated carbocycles. The lowest BCUT2D eigenvalue weighted by molar-refractivity contribution is 0.313. The number of nitrogens with one attached hydrogen (secondary N) is 4. The van der Waals surface area contributed by atoms with Crippen molar-refractivity contribution in [3.05, 3.63) is 134 Å². The van der Waals surface area contributed by atoms with Crippen molar-refractivity contribution in [3.63, 3.8) is 0 Å². The van der Waals surface area contributed by atoms with E-state index >= 15 is 0 Å². The van der Waals surface area contributed by atoms with E-state index in [-0.39, 0.29) is 0 Å². The molecule has 0 fully saturated rings. The number of H-pyrrole nitrogens is 2. The van der Waals surface area contributed by atoms with Gasteiger partial charge in [0.15, 0.2) is 11.3 Å². The average molecular weight is 854 g/mol. The molecule has 8 rings (SSSR count). The van der Waals surface area contributed by atoms with E-state index in [1.54, 1.807) is 36.1 Å². The molecule has 8 aromatic rings. The zero-order valence-corrected chi connectivity index (χ0v) is 32.4. The van der Waals surface area contributed by atoms with Crippen molar-refractivity contribution in [2.24, 2.45) is 0 Å². The predicted octanol–water partition coefficient (Wildman–Crippen LogP) is 8.57. The first-order chi connectivity index (χ1) is 26.1. The van der Waals surface area contributed by atoms with E-state index < -0.39 is 0 Å². The number of halogens is 2. The second-order valence-electron chi connectivity index (χ2n) is 11.8. The summed E-state index contributed by atoms with van der Waals surface area (Å²) < 4.78 is 13.4. The van der Waals surface area contributed by atoms with Crippen molar-refractivity contribution in [2.75, 3.05) is 26.3 Å². The topological polar surface area (TPSA) is 139 Å². The molecule has 14 heteroatoms. The summed E-state index contributed by atoms with van der Waals surface area (Å²) in [5, 5.41) is 8.81. The van der Waals surface area contributed by atoms with Gasteiger partial charge < -0.3 is 30.1 Å². The van der Waals surface area contributed by atoms with Crippen LogP contribution in [0.25, 0.3) is 45.1 Å². The smallest absolute Gasteiger partial charge is 0.178 e. The van der Waals surface area contributed by atoms with Crippen LogP contribution in [0, 0.1) is 0 Å². The maximum Gasteiger partial charge on any atom is 0.178 e. The van der Waals surface area contributed by atoms with Gasteiger partial charge >= 0.3 is 0 Å². The van der Waals surface area contributed by atoms with Crippen LogP contribution in [0.15, 0.2) is 124 Å². The number of benzene rings is 2. The van der Waals surface area contributed by atoms with Crippen LogP contribution in [0.3, 0.4) is 0 Å². The lowest BCUT2D eigenvalue weighted by Gasteiger charge is -2.08. The Kier molecular flexibility index (Phi) is 12.5. The number of ether oxygens (including phenoxy) is 2. The summed E-state index contributed by atoms with van der Waals surface area (Å²) in [5.41, 5.74) is 6.43. The molecule has 11 nitrogen and oxygen atoms in total. The molecular formula is C39H35Br2N9O2S. The Morgan fingerprint density at radius 2 is 1.17 bits per heavy atom. The van der Waals surface area contributed by atoms with Gasteiger partial charge in [0.05, 0.1) is 11.0 Å². The van der Waals surface area contributed by atoms with E-state index in [0.29, 0.717) is 24.5 Å². The summed E-state index contributed by atoms with van der Waals surface area (Å²) >= 11 is 8.60.